The molecule has 0 radical (unpaired) electrons. The van der Waals surface area contributed by atoms with Crippen molar-refractivity contribution in [2.24, 2.45) is 5.73 Å². The first-order valence-corrected chi connectivity index (χ1v) is 4.90. The summed E-state index contributed by atoms with van der Waals surface area (Å²) in [6.45, 7) is 2.10. The Bertz CT molecular complexity index is 520. The Morgan fingerprint density at radius 2 is 2.13 bits per heavy atom. The summed E-state index contributed by atoms with van der Waals surface area (Å²) in [5.74, 6) is -0.489. The van der Waals surface area contributed by atoms with Crippen LogP contribution in [-0.2, 0) is 6.42 Å². The van der Waals surface area contributed by atoms with E-state index in [2.05, 4.69) is 18.0 Å². The van der Waals surface area contributed by atoms with Crippen molar-refractivity contribution in [3.05, 3.63) is 41.6 Å². The van der Waals surface area contributed by atoms with Crippen molar-refractivity contribution in [3.63, 3.8) is 0 Å². The molecule has 15 heavy (non-hydrogen) atoms. The Morgan fingerprint density at radius 3 is 2.80 bits per heavy atom. The summed E-state index contributed by atoms with van der Waals surface area (Å²) in [4.78, 5) is 15.1. The molecule has 0 aliphatic heterocycles. The summed E-state index contributed by atoms with van der Waals surface area (Å²) in [7, 11) is 0. The molecule has 76 valence electrons. The van der Waals surface area contributed by atoms with Crippen LogP contribution in [0.2, 0.25) is 0 Å². The number of primary amides is 1. The van der Waals surface area contributed by atoms with Gasteiger partial charge < -0.3 is 5.73 Å². The van der Waals surface area contributed by atoms with Crippen LogP contribution in [0.5, 0.6) is 0 Å². The highest BCUT2D eigenvalue weighted by Crippen LogP contribution is 2.15. The monoisotopic (exact) mass is 200 g/mol. The summed E-state index contributed by atoms with van der Waals surface area (Å²) >= 11 is 0. The number of carbonyl (C=O) groups excluding carboxylic acids is 1. The van der Waals surface area contributed by atoms with E-state index in [4.69, 9.17) is 5.73 Å². The quantitative estimate of drug-likeness (QED) is 0.804. The van der Waals surface area contributed by atoms with Crippen molar-refractivity contribution >= 4 is 16.8 Å². The van der Waals surface area contributed by atoms with Gasteiger partial charge in [-0.1, -0.05) is 19.1 Å². The zero-order valence-electron chi connectivity index (χ0n) is 8.53. The first-order chi connectivity index (χ1) is 7.20. The summed E-state index contributed by atoms with van der Waals surface area (Å²) < 4.78 is 0. The Hall–Kier alpha value is -1.90. The second kappa shape index (κ2) is 3.69. The van der Waals surface area contributed by atoms with Crippen molar-refractivity contribution in [3.8, 4) is 0 Å². The molecule has 0 aliphatic rings. The van der Waals surface area contributed by atoms with Crippen LogP contribution < -0.4 is 5.73 Å². The maximum Gasteiger partial charge on any atom is 0.267 e. The highest BCUT2D eigenvalue weighted by Gasteiger charge is 2.03. The maximum atomic E-state index is 10.9. The smallest absolute Gasteiger partial charge is 0.267 e. The molecule has 0 aliphatic carbocycles. The average molecular weight is 200 g/mol. The summed E-state index contributed by atoms with van der Waals surface area (Å²) in [6.07, 6.45) is 0.994. The van der Waals surface area contributed by atoms with E-state index in [1.54, 1.807) is 6.07 Å². The maximum absolute atomic E-state index is 10.9. The number of fused-ring (bicyclic) bond motifs is 1. The number of hydrogen-bond donors (Lipinski definition) is 1. The molecule has 2 aromatic rings. The lowest BCUT2D eigenvalue weighted by molar-refractivity contribution is 0.0996. The number of carbonyl (C=O) groups is 1. The Labute approximate surface area is 87.9 Å². The van der Waals surface area contributed by atoms with Gasteiger partial charge in [-0.05, 0) is 30.2 Å². The first kappa shape index (κ1) is 9.65. The number of aromatic nitrogens is 1. The molecule has 0 bridgehead atoms. The zero-order valence-corrected chi connectivity index (χ0v) is 8.53. The van der Waals surface area contributed by atoms with Gasteiger partial charge in [0.1, 0.15) is 5.69 Å². The Balaban J connectivity index is 2.59. The second-order valence-corrected chi connectivity index (χ2v) is 3.44. The molecule has 0 saturated carbocycles. The molecule has 1 aromatic heterocycles. The first-order valence-electron chi connectivity index (χ1n) is 4.90. The van der Waals surface area contributed by atoms with Crippen molar-refractivity contribution in [2.75, 3.05) is 0 Å². The normalized spacial score (nSPS) is 10.5. The summed E-state index contributed by atoms with van der Waals surface area (Å²) in [5.41, 5.74) is 7.54. The SMILES string of the molecule is CCc1ccc2nc(C(N)=O)ccc2c1. The number of benzene rings is 1. The number of nitrogens with two attached hydrogens (primary N) is 1. The van der Waals surface area contributed by atoms with Crippen LogP contribution in [0.1, 0.15) is 23.0 Å². The molecule has 0 unspecified atom stereocenters. The van der Waals surface area contributed by atoms with Gasteiger partial charge in [0.25, 0.3) is 5.91 Å². The molecular weight excluding hydrogens is 188 g/mol. The molecule has 3 heteroatoms. The fourth-order valence-electron chi connectivity index (χ4n) is 1.53. The van der Waals surface area contributed by atoms with Gasteiger partial charge >= 0.3 is 0 Å². The zero-order chi connectivity index (χ0) is 10.8. The number of nitrogens with zero attached hydrogens (tertiary/aromatic N) is 1. The molecule has 0 fully saturated rings. The fraction of sp³-hybridized carbons (Fsp3) is 0.167. The lowest BCUT2D eigenvalue weighted by Gasteiger charge is -2.01. The topological polar surface area (TPSA) is 56.0 Å². The molecule has 2 N–H and O–H groups in total. The van der Waals surface area contributed by atoms with Crippen molar-refractivity contribution < 1.29 is 4.79 Å². The minimum atomic E-state index is -0.489. The Kier molecular flexibility index (Phi) is 2.37. The molecule has 0 spiro atoms. The van der Waals surface area contributed by atoms with E-state index in [9.17, 15) is 4.79 Å². The molecule has 1 heterocycles. The fourth-order valence-corrected chi connectivity index (χ4v) is 1.53. The van der Waals surface area contributed by atoms with E-state index >= 15 is 0 Å². The second-order valence-electron chi connectivity index (χ2n) is 3.44. The lowest BCUT2D eigenvalue weighted by atomic mass is 10.1. The van der Waals surface area contributed by atoms with Crippen molar-refractivity contribution in [1.29, 1.82) is 0 Å². The third-order valence-corrected chi connectivity index (χ3v) is 2.41. The van der Waals surface area contributed by atoms with Gasteiger partial charge in [0.05, 0.1) is 5.52 Å². The highest BCUT2D eigenvalue weighted by molar-refractivity contribution is 5.93. The van der Waals surface area contributed by atoms with Crippen LogP contribution in [0.3, 0.4) is 0 Å². The largest absolute Gasteiger partial charge is 0.364 e. The molecule has 2 rings (SSSR count). The van der Waals surface area contributed by atoms with Crippen molar-refractivity contribution in [1.82, 2.24) is 4.98 Å². The van der Waals surface area contributed by atoms with E-state index in [-0.39, 0.29) is 0 Å². The number of amides is 1. The van der Waals surface area contributed by atoms with Crippen LogP contribution in [0, 0.1) is 0 Å². The number of hydrogen-bond acceptors (Lipinski definition) is 2. The summed E-state index contributed by atoms with van der Waals surface area (Å²) in [5, 5.41) is 1.04. The van der Waals surface area contributed by atoms with Gasteiger partial charge in [-0.25, -0.2) is 4.98 Å². The predicted molar refractivity (Wildman–Crippen MR) is 59.6 cm³/mol. The van der Waals surface area contributed by atoms with Crippen LogP contribution >= 0.6 is 0 Å². The van der Waals surface area contributed by atoms with E-state index in [0.29, 0.717) is 5.69 Å². The van der Waals surface area contributed by atoms with Gasteiger partial charge in [0, 0.05) is 5.39 Å². The average Bonchev–Trinajstić information content (AvgIpc) is 2.27. The molecule has 3 nitrogen and oxygen atoms in total. The third kappa shape index (κ3) is 1.81. The van der Waals surface area contributed by atoms with E-state index in [0.717, 1.165) is 17.3 Å². The van der Waals surface area contributed by atoms with Crippen LogP contribution in [0.25, 0.3) is 10.9 Å². The summed E-state index contributed by atoms with van der Waals surface area (Å²) in [6, 6.07) is 9.54. The minimum absolute atomic E-state index is 0.312. The standard InChI is InChI=1S/C12H12N2O/c1-2-8-3-5-10-9(7-8)4-6-11(14-10)12(13)15/h3-7H,2H2,1H3,(H2,13,15). The van der Waals surface area contributed by atoms with Crippen molar-refractivity contribution in [2.45, 2.75) is 13.3 Å². The molecule has 1 amide bonds. The molecule has 0 atom stereocenters. The molecular formula is C12H12N2O. The van der Waals surface area contributed by atoms with Gasteiger partial charge in [0.2, 0.25) is 0 Å². The van der Waals surface area contributed by atoms with Gasteiger partial charge in [0.15, 0.2) is 0 Å². The highest BCUT2D eigenvalue weighted by atomic mass is 16.1. The third-order valence-electron chi connectivity index (χ3n) is 2.41. The number of aryl methyl sites for hydroxylation is 1. The van der Waals surface area contributed by atoms with E-state index in [1.165, 1.54) is 5.56 Å². The van der Waals surface area contributed by atoms with Gasteiger partial charge in [-0.3, -0.25) is 4.79 Å². The Morgan fingerprint density at radius 1 is 1.33 bits per heavy atom. The molecule has 1 aromatic carbocycles. The number of pyridine rings is 1. The lowest BCUT2D eigenvalue weighted by Crippen LogP contribution is -2.12. The van der Waals surface area contributed by atoms with Crippen LogP contribution in [-0.4, -0.2) is 10.9 Å². The molecule has 0 saturated heterocycles. The van der Waals surface area contributed by atoms with Gasteiger partial charge in [-0.2, -0.15) is 0 Å². The van der Waals surface area contributed by atoms with Crippen LogP contribution in [0.15, 0.2) is 30.3 Å². The number of rotatable bonds is 2. The van der Waals surface area contributed by atoms with E-state index < -0.39 is 5.91 Å². The predicted octanol–water partition coefficient (Wildman–Crippen LogP) is 1.90. The van der Waals surface area contributed by atoms with Gasteiger partial charge in [-0.15, -0.1) is 0 Å². The minimum Gasteiger partial charge on any atom is -0.364 e. The van der Waals surface area contributed by atoms with E-state index in [1.807, 2.05) is 18.2 Å². The van der Waals surface area contributed by atoms with Crippen LogP contribution in [0.4, 0.5) is 0 Å².